The number of halogens is 3. The highest BCUT2D eigenvalue weighted by Gasteiger charge is 2.44. The molecule has 224 valence electrons. The van der Waals surface area contributed by atoms with E-state index in [2.05, 4.69) is 30.8 Å². The molecule has 1 unspecified atom stereocenters. The van der Waals surface area contributed by atoms with E-state index in [1.165, 1.54) is 12.1 Å². The summed E-state index contributed by atoms with van der Waals surface area (Å²) in [5.41, 5.74) is -0.661. The topological polar surface area (TPSA) is 134 Å². The number of rotatable bonds is 7. The van der Waals surface area contributed by atoms with Gasteiger partial charge in [-0.2, -0.15) is 18.3 Å². The summed E-state index contributed by atoms with van der Waals surface area (Å²) in [6, 6.07) is 9.40. The zero-order chi connectivity index (χ0) is 30.2. The highest BCUT2D eigenvalue weighted by molar-refractivity contribution is 6.03. The number of H-pyrrole nitrogens is 1. The molecule has 14 heteroatoms. The third kappa shape index (κ3) is 5.95. The Balaban J connectivity index is 1.14. The van der Waals surface area contributed by atoms with Crippen LogP contribution in [0.4, 0.5) is 24.8 Å². The molecule has 2 saturated heterocycles. The van der Waals surface area contributed by atoms with Gasteiger partial charge in [0.15, 0.2) is 11.5 Å². The number of hydrogen-bond acceptors (Lipinski definition) is 8. The fourth-order valence-corrected chi connectivity index (χ4v) is 5.16. The molecule has 11 nitrogen and oxygen atoms in total. The van der Waals surface area contributed by atoms with Gasteiger partial charge >= 0.3 is 6.18 Å². The van der Waals surface area contributed by atoms with Gasteiger partial charge in [-0.15, -0.1) is 0 Å². The van der Waals surface area contributed by atoms with Crippen LogP contribution >= 0.6 is 0 Å². The van der Waals surface area contributed by atoms with E-state index in [1.54, 1.807) is 24.4 Å². The molecular formula is C29H28F3N7O4. The van der Waals surface area contributed by atoms with Gasteiger partial charge in [0.1, 0.15) is 22.7 Å². The molecule has 6 rings (SSSR count). The van der Waals surface area contributed by atoms with Crippen molar-refractivity contribution in [1.82, 2.24) is 25.1 Å². The van der Waals surface area contributed by atoms with Crippen LogP contribution in [0, 0.1) is 5.41 Å². The largest absolute Gasteiger partial charge is 0.456 e. The summed E-state index contributed by atoms with van der Waals surface area (Å²) in [7, 11) is 0. The number of anilines is 2. The maximum atomic E-state index is 13.0. The standard InChI is InChI=1S/C29H28F3N7O4/c1-28(15-42-16-28)27(41)39-12-2-3-19(14-39)35-25-23-21(9-11-34-24(23)37-38-25)43-20-6-4-17(5-7-20)26(40)36-22-13-18(8-10-33-22)29(30,31)32/h4-11,13,19H,2-3,12,14-16H2,1H3,(H,33,36,40)(H2,34,35,37,38). The van der Waals surface area contributed by atoms with Crippen molar-refractivity contribution in [3.63, 3.8) is 0 Å². The van der Waals surface area contributed by atoms with Crippen LogP contribution in [-0.2, 0) is 15.7 Å². The Kier molecular flexibility index (Phi) is 7.38. The summed E-state index contributed by atoms with van der Waals surface area (Å²) < 4.78 is 50.3. The first-order valence-corrected chi connectivity index (χ1v) is 13.7. The molecule has 2 aliphatic rings. The van der Waals surface area contributed by atoms with Gasteiger partial charge in [0.2, 0.25) is 5.91 Å². The van der Waals surface area contributed by atoms with Gasteiger partial charge in [-0.3, -0.25) is 14.7 Å². The number of aromatic amines is 1. The van der Waals surface area contributed by atoms with Crippen molar-refractivity contribution in [2.24, 2.45) is 5.41 Å². The van der Waals surface area contributed by atoms with Gasteiger partial charge in [-0.25, -0.2) is 9.97 Å². The molecule has 43 heavy (non-hydrogen) atoms. The minimum Gasteiger partial charge on any atom is -0.456 e. The zero-order valence-electron chi connectivity index (χ0n) is 23.1. The Morgan fingerprint density at radius 3 is 2.60 bits per heavy atom. The normalized spacial score (nSPS) is 18.1. The van der Waals surface area contributed by atoms with Crippen molar-refractivity contribution in [3.8, 4) is 11.5 Å². The SMILES string of the molecule is CC1(C(=O)N2CCCC(Nc3n[nH]c4nccc(Oc5ccc(C(=O)Nc6cc(C(F)(F)F)ccn6)cc5)c34)C2)COC1. The fraction of sp³-hybridized carbons (Fsp3) is 0.345. The first-order chi connectivity index (χ1) is 20.6. The lowest BCUT2D eigenvalue weighted by Gasteiger charge is -2.43. The van der Waals surface area contributed by atoms with E-state index < -0.39 is 23.1 Å². The number of hydrogen-bond donors (Lipinski definition) is 3. The number of carbonyl (C=O) groups is 2. The highest BCUT2D eigenvalue weighted by atomic mass is 19.4. The smallest absolute Gasteiger partial charge is 0.416 e. The van der Waals surface area contributed by atoms with E-state index in [0.29, 0.717) is 54.7 Å². The predicted octanol–water partition coefficient (Wildman–Crippen LogP) is 4.86. The quantitative estimate of drug-likeness (QED) is 0.276. The molecule has 1 aromatic carbocycles. The lowest BCUT2D eigenvalue weighted by molar-refractivity contribution is -0.169. The molecule has 5 heterocycles. The number of likely N-dealkylation sites (tertiary alicyclic amines) is 1. The van der Waals surface area contributed by atoms with Gasteiger partial charge in [0.05, 0.1) is 24.2 Å². The minimum absolute atomic E-state index is 0.0223. The Hall–Kier alpha value is -4.72. The Bertz CT molecular complexity index is 1650. The minimum atomic E-state index is -4.55. The molecule has 0 aliphatic carbocycles. The number of alkyl halides is 3. The molecule has 2 fully saturated rings. The van der Waals surface area contributed by atoms with E-state index in [-0.39, 0.29) is 23.3 Å². The van der Waals surface area contributed by atoms with Crippen LogP contribution < -0.4 is 15.4 Å². The fourth-order valence-electron chi connectivity index (χ4n) is 5.16. The molecular weight excluding hydrogens is 567 g/mol. The Labute approximate surface area is 243 Å². The van der Waals surface area contributed by atoms with Gasteiger partial charge in [0, 0.05) is 43.2 Å². The summed E-state index contributed by atoms with van der Waals surface area (Å²) in [6.07, 6.45) is -0.274. The number of nitrogens with one attached hydrogen (secondary N) is 3. The zero-order valence-corrected chi connectivity index (χ0v) is 23.1. The lowest BCUT2D eigenvalue weighted by atomic mass is 9.86. The Morgan fingerprint density at radius 1 is 1.12 bits per heavy atom. The summed E-state index contributed by atoms with van der Waals surface area (Å²) in [6.45, 7) is 4.05. The monoisotopic (exact) mass is 595 g/mol. The van der Waals surface area contributed by atoms with Crippen LogP contribution in [0.25, 0.3) is 11.0 Å². The van der Waals surface area contributed by atoms with Crippen molar-refractivity contribution in [1.29, 1.82) is 0 Å². The van der Waals surface area contributed by atoms with Gasteiger partial charge in [-0.05, 0) is 56.2 Å². The highest BCUT2D eigenvalue weighted by Crippen LogP contribution is 2.35. The second kappa shape index (κ2) is 11.2. The molecule has 2 amide bonds. The van der Waals surface area contributed by atoms with Crippen LogP contribution in [0.5, 0.6) is 11.5 Å². The van der Waals surface area contributed by atoms with Crippen LogP contribution in [0.2, 0.25) is 0 Å². The van der Waals surface area contributed by atoms with E-state index in [4.69, 9.17) is 9.47 Å². The molecule has 3 aromatic heterocycles. The molecule has 0 bridgehead atoms. The third-order valence-electron chi connectivity index (χ3n) is 7.50. The maximum absolute atomic E-state index is 13.0. The van der Waals surface area contributed by atoms with Crippen molar-refractivity contribution in [2.75, 3.05) is 36.9 Å². The summed E-state index contributed by atoms with van der Waals surface area (Å²) >= 11 is 0. The number of nitrogens with zero attached hydrogens (tertiary/aromatic N) is 4. The van der Waals surface area contributed by atoms with Gasteiger partial charge < -0.3 is 25.0 Å². The van der Waals surface area contributed by atoms with Crippen LogP contribution in [-0.4, -0.2) is 69.2 Å². The van der Waals surface area contributed by atoms with E-state index in [0.717, 1.165) is 31.2 Å². The second-order valence-electron chi connectivity index (χ2n) is 10.9. The summed E-state index contributed by atoms with van der Waals surface area (Å²) in [5, 5.41) is 13.8. The average Bonchev–Trinajstić information content (AvgIpc) is 3.39. The van der Waals surface area contributed by atoms with Crippen LogP contribution in [0.3, 0.4) is 0 Å². The Morgan fingerprint density at radius 2 is 1.88 bits per heavy atom. The van der Waals surface area contributed by atoms with Gasteiger partial charge in [-0.1, -0.05) is 0 Å². The lowest BCUT2D eigenvalue weighted by Crippen LogP contribution is -2.56. The van der Waals surface area contributed by atoms with E-state index >= 15 is 0 Å². The number of piperidine rings is 1. The first-order valence-electron chi connectivity index (χ1n) is 13.7. The van der Waals surface area contributed by atoms with Crippen molar-refractivity contribution >= 4 is 34.5 Å². The number of carbonyl (C=O) groups excluding carboxylic acids is 2. The van der Waals surface area contributed by atoms with Crippen molar-refractivity contribution < 1.29 is 32.2 Å². The van der Waals surface area contributed by atoms with E-state index in [1.807, 2.05) is 11.8 Å². The number of aromatic nitrogens is 4. The second-order valence-corrected chi connectivity index (χ2v) is 10.9. The number of benzene rings is 1. The van der Waals surface area contributed by atoms with E-state index in [9.17, 15) is 22.8 Å². The van der Waals surface area contributed by atoms with Crippen LogP contribution in [0.1, 0.15) is 35.7 Å². The number of fused-ring (bicyclic) bond motifs is 1. The van der Waals surface area contributed by atoms with Crippen molar-refractivity contribution in [2.45, 2.75) is 32.0 Å². The summed E-state index contributed by atoms with van der Waals surface area (Å²) in [5.74, 6) is 0.695. The molecule has 0 spiro atoms. The molecule has 0 saturated carbocycles. The molecule has 0 radical (unpaired) electrons. The third-order valence-corrected chi connectivity index (χ3v) is 7.50. The molecule has 2 aliphatic heterocycles. The molecule has 3 N–H and O–H groups in total. The number of amides is 2. The molecule has 4 aromatic rings. The average molecular weight is 596 g/mol. The van der Waals surface area contributed by atoms with Crippen molar-refractivity contribution in [3.05, 3.63) is 66.0 Å². The number of pyridine rings is 2. The summed E-state index contributed by atoms with van der Waals surface area (Å²) in [4.78, 5) is 35.7. The van der Waals surface area contributed by atoms with Crippen LogP contribution in [0.15, 0.2) is 54.9 Å². The first kappa shape index (κ1) is 28.4. The molecule has 1 atom stereocenters. The van der Waals surface area contributed by atoms with Gasteiger partial charge in [0.25, 0.3) is 5.91 Å². The maximum Gasteiger partial charge on any atom is 0.416 e. The predicted molar refractivity (Wildman–Crippen MR) is 150 cm³/mol. The number of ether oxygens (including phenoxy) is 2.